The molecule has 0 spiro atoms. The molecule has 3 heterocycles. The Labute approximate surface area is 137 Å². The number of piperazine rings is 1. The third kappa shape index (κ3) is 4.20. The van der Waals surface area contributed by atoms with E-state index < -0.39 is 0 Å². The molecule has 0 bridgehead atoms. The van der Waals surface area contributed by atoms with Gasteiger partial charge in [-0.3, -0.25) is 9.80 Å². The van der Waals surface area contributed by atoms with Gasteiger partial charge in [0, 0.05) is 25.7 Å². The standard InChI is InChI=1S/C17H26N4O2/c1-4-5-15-10-20(11-16-18-8-13(2)22-16)6-7-21(15)12-17-19-9-14(3)23-17/h8-9,15H,4-7,10-12H2,1-3H3/t15-/m0/s1. The van der Waals surface area contributed by atoms with Crippen LogP contribution < -0.4 is 0 Å². The van der Waals surface area contributed by atoms with Crippen molar-refractivity contribution in [2.75, 3.05) is 19.6 Å². The van der Waals surface area contributed by atoms with Crippen LogP contribution in [0.1, 0.15) is 43.1 Å². The van der Waals surface area contributed by atoms with Gasteiger partial charge in [-0.25, -0.2) is 9.97 Å². The van der Waals surface area contributed by atoms with Crippen LogP contribution >= 0.6 is 0 Å². The molecule has 0 aliphatic carbocycles. The van der Waals surface area contributed by atoms with E-state index in [9.17, 15) is 0 Å². The third-order valence-electron chi connectivity index (χ3n) is 4.35. The molecule has 2 aromatic rings. The lowest BCUT2D eigenvalue weighted by atomic mass is 10.1. The molecule has 0 saturated carbocycles. The van der Waals surface area contributed by atoms with Gasteiger partial charge in [0.1, 0.15) is 11.5 Å². The number of nitrogens with zero attached hydrogens (tertiary/aromatic N) is 4. The maximum Gasteiger partial charge on any atom is 0.208 e. The van der Waals surface area contributed by atoms with Gasteiger partial charge in [-0.15, -0.1) is 0 Å². The molecule has 126 valence electrons. The highest BCUT2D eigenvalue weighted by atomic mass is 16.4. The third-order valence-corrected chi connectivity index (χ3v) is 4.35. The molecule has 2 aromatic heterocycles. The number of hydrogen-bond donors (Lipinski definition) is 0. The highest BCUT2D eigenvalue weighted by molar-refractivity contribution is 4.94. The molecule has 0 radical (unpaired) electrons. The normalized spacial score (nSPS) is 20.2. The van der Waals surface area contributed by atoms with Crippen molar-refractivity contribution in [2.45, 2.75) is 52.7 Å². The van der Waals surface area contributed by atoms with E-state index in [-0.39, 0.29) is 0 Å². The maximum absolute atomic E-state index is 5.65. The molecule has 1 fully saturated rings. The van der Waals surface area contributed by atoms with E-state index in [1.54, 1.807) is 12.4 Å². The predicted molar refractivity (Wildman–Crippen MR) is 86.9 cm³/mol. The fraction of sp³-hybridized carbons (Fsp3) is 0.647. The Hall–Kier alpha value is -1.66. The minimum atomic E-state index is 0.525. The molecule has 0 amide bonds. The zero-order valence-corrected chi connectivity index (χ0v) is 14.3. The number of oxazole rings is 2. The lowest BCUT2D eigenvalue weighted by molar-refractivity contribution is 0.0486. The fourth-order valence-electron chi connectivity index (χ4n) is 3.23. The first kappa shape index (κ1) is 16.2. The molecular formula is C17H26N4O2. The molecule has 6 nitrogen and oxygen atoms in total. The van der Waals surface area contributed by atoms with Crippen molar-refractivity contribution in [2.24, 2.45) is 0 Å². The summed E-state index contributed by atoms with van der Waals surface area (Å²) in [5.41, 5.74) is 0. The highest BCUT2D eigenvalue weighted by Gasteiger charge is 2.28. The van der Waals surface area contributed by atoms with Crippen LogP contribution in [0.2, 0.25) is 0 Å². The second kappa shape index (κ2) is 7.27. The van der Waals surface area contributed by atoms with Crippen LogP contribution in [-0.4, -0.2) is 45.4 Å². The Morgan fingerprint density at radius 3 is 2.26 bits per heavy atom. The number of aryl methyl sites for hydroxylation is 2. The topological polar surface area (TPSA) is 58.5 Å². The van der Waals surface area contributed by atoms with Crippen molar-refractivity contribution < 1.29 is 8.83 Å². The van der Waals surface area contributed by atoms with Gasteiger partial charge in [0.25, 0.3) is 0 Å². The number of aromatic nitrogens is 2. The van der Waals surface area contributed by atoms with Gasteiger partial charge in [0.15, 0.2) is 0 Å². The molecule has 6 heteroatoms. The average molecular weight is 318 g/mol. The van der Waals surface area contributed by atoms with Gasteiger partial charge in [0.05, 0.1) is 25.5 Å². The van der Waals surface area contributed by atoms with E-state index in [0.717, 1.165) is 56.0 Å². The first-order valence-corrected chi connectivity index (χ1v) is 8.43. The summed E-state index contributed by atoms with van der Waals surface area (Å²) in [6.45, 7) is 10.8. The van der Waals surface area contributed by atoms with Crippen molar-refractivity contribution in [1.82, 2.24) is 19.8 Å². The molecule has 1 aliphatic rings. The number of hydrogen-bond acceptors (Lipinski definition) is 6. The average Bonchev–Trinajstić information content (AvgIpc) is 3.11. The van der Waals surface area contributed by atoms with Gasteiger partial charge in [-0.05, 0) is 20.3 Å². The first-order chi connectivity index (χ1) is 11.1. The van der Waals surface area contributed by atoms with Crippen LogP contribution in [0.15, 0.2) is 21.2 Å². The quantitative estimate of drug-likeness (QED) is 0.816. The minimum Gasteiger partial charge on any atom is -0.445 e. The Bertz CT molecular complexity index is 622. The van der Waals surface area contributed by atoms with Gasteiger partial charge in [0.2, 0.25) is 11.8 Å². The molecule has 3 rings (SSSR count). The van der Waals surface area contributed by atoms with E-state index in [4.69, 9.17) is 8.83 Å². The van der Waals surface area contributed by atoms with Gasteiger partial charge in [-0.2, -0.15) is 0 Å². The lowest BCUT2D eigenvalue weighted by Gasteiger charge is -2.40. The highest BCUT2D eigenvalue weighted by Crippen LogP contribution is 2.19. The van der Waals surface area contributed by atoms with Crippen molar-refractivity contribution in [3.8, 4) is 0 Å². The monoisotopic (exact) mass is 318 g/mol. The molecule has 23 heavy (non-hydrogen) atoms. The van der Waals surface area contributed by atoms with Crippen molar-refractivity contribution in [3.05, 3.63) is 35.7 Å². The van der Waals surface area contributed by atoms with Crippen LogP contribution in [0.25, 0.3) is 0 Å². The Morgan fingerprint density at radius 1 is 1.04 bits per heavy atom. The summed E-state index contributed by atoms with van der Waals surface area (Å²) in [7, 11) is 0. The summed E-state index contributed by atoms with van der Waals surface area (Å²) in [5.74, 6) is 3.39. The molecule has 1 atom stereocenters. The van der Waals surface area contributed by atoms with Crippen molar-refractivity contribution >= 4 is 0 Å². The molecule has 0 aromatic carbocycles. The Kier molecular flexibility index (Phi) is 5.13. The lowest BCUT2D eigenvalue weighted by Crippen LogP contribution is -2.52. The summed E-state index contributed by atoms with van der Waals surface area (Å²) in [5, 5.41) is 0. The number of rotatable bonds is 6. The van der Waals surface area contributed by atoms with E-state index in [1.807, 2.05) is 13.8 Å². The van der Waals surface area contributed by atoms with Gasteiger partial charge < -0.3 is 8.83 Å². The Balaban J connectivity index is 1.60. The summed E-state index contributed by atoms with van der Waals surface area (Å²) in [4.78, 5) is 13.6. The second-order valence-electron chi connectivity index (χ2n) is 6.38. The molecule has 0 unspecified atom stereocenters. The summed E-state index contributed by atoms with van der Waals surface area (Å²) in [6.07, 6.45) is 5.95. The van der Waals surface area contributed by atoms with Crippen LogP contribution in [0.5, 0.6) is 0 Å². The molecule has 1 aliphatic heterocycles. The van der Waals surface area contributed by atoms with E-state index in [2.05, 4.69) is 26.7 Å². The molecule has 0 N–H and O–H groups in total. The fourth-order valence-corrected chi connectivity index (χ4v) is 3.23. The zero-order valence-electron chi connectivity index (χ0n) is 14.3. The van der Waals surface area contributed by atoms with Crippen LogP contribution in [0.4, 0.5) is 0 Å². The first-order valence-electron chi connectivity index (χ1n) is 8.43. The molecule has 1 saturated heterocycles. The van der Waals surface area contributed by atoms with Gasteiger partial charge in [-0.1, -0.05) is 13.3 Å². The molecular weight excluding hydrogens is 292 g/mol. The van der Waals surface area contributed by atoms with Crippen LogP contribution in [0, 0.1) is 13.8 Å². The van der Waals surface area contributed by atoms with Gasteiger partial charge >= 0.3 is 0 Å². The van der Waals surface area contributed by atoms with E-state index >= 15 is 0 Å². The summed E-state index contributed by atoms with van der Waals surface area (Å²) >= 11 is 0. The largest absolute Gasteiger partial charge is 0.445 e. The van der Waals surface area contributed by atoms with E-state index in [0.29, 0.717) is 6.04 Å². The predicted octanol–water partition coefficient (Wildman–Crippen LogP) is 2.77. The smallest absolute Gasteiger partial charge is 0.208 e. The minimum absolute atomic E-state index is 0.525. The summed E-state index contributed by atoms with van der Waals surface area (Å²) < 4.78 is 11.3. The Morgan fingerprint density at radius 2 is 1.70 bits per heavy atom. The van der Waals surface area contributed by atoms with Crippen LogP contribution in [-0.2, 0) is 13.1 Å². The van der Waals surface area contributed by atoms with E-state index in [1.165, 1.54) is 12.8 Å². The summed E-state index contributed by atoms with van der Waals surface area (Å²) in [6, 6.07) is 0.525. The maximum atomic E-state index is 5.65. The van der Waals surface area contributed by atoms with Crippen molar-refractivity contribution in [3.63, 3.8) is 0 Å². The second-order valence-corrected chi connectivity index (χ2v) is 6.38. The SMILES string of the molecule is CCC[C@H]1CN(Cc2ncc(C)o2)CCN1Cc1ncc(C)o1. The zero-order chi connectivity index (χ0) is 16.2. The van der Waals surface area contributed by atoms with Crippen molar-refractivity contribution in [1.29, 1.82) is 0 Å². The van der Waals surface area contributed by atoms with Crippen LogP contribution in [0.3, 0.4) is 0 Å².